The van der Waals surface area contributed by atoms with Crippen LogP contribution in [0.15, 0.2) is 24.3 Å². The molecule has 1 saturated heterocycles. The van der Waals surface area contributed by atoms with Gasteiger partial charge in [-0.2, -0.15) is 0 Å². The maximum Gasteiger partial charge on any atom is 0.248 e. The maximum atomic E-state index is 12.5. The summed E-state index contributed by atoms with van der Waals surface area (Å²) >= 11 is 0. The predicted octanol–water partition coefficient (Wildman–Crippen LogP) is 1.84. The molecule has 4 heteroatoms. The number of nitrogens with zero attached hydrogens (tertiary/aromatic N) is 1. The fraction of sp³-hybridized carbons (Fsp3) is 0.529. The molecule has 0 spiro atoms. The molecule has 2 aliphatic rings. The highest BCUT2D eigenvalue weighted by atomic mass is 16.2. The van der Waals surface area contributed by atoms with Gasteiger partial charge in [-0.05, 0) is 44.2 Å². The smallest absolute Gasteiger partial charge is 0.248 e. The lowest BCUT2D eigenvalue weighted by molar-refractivity contribution is -0.148. The molecule has 21 heavy (non-hydrogen) atoms. The standard InChI is InChI=1S/C17H22N2O2/c1-17(2)16(21)19(11-15(20)18-17)10-13-8-5-7-12-6-3-4-9-14(12)13/h3-4,6,9,13H,5,7-8,10-11H2,1-2H3,(H,18,20). The normalized spacial score (nSPS) is 24.5. The van der Waals surface area contributed by atoms with Gasteiger partial charge in [0.15, 0.2) is 0 Å². The zero-order valence-corrected chi connectivity index (χ0v) is 12.7. The number of nitrogens with one attached hydrogen (secondary N) is 1. The maximum absolute atomic E-state index is 12.5. The third kappa shape index (κ3) is 2.67. The largest absolute Gasteiger partial charge is 0.341 e. The Kier molecular flexibility index (Phi) is 3.47. The van der Waals surface area contributed by atoms with Crippen molar-refractivity contribution >= 4 is 11.8 Å². The van der Waals surface area contributed by atoms with Crippen LogP contribution in [0.25, 0.3) is 0 Å². The van der Waals surface area contributed by atoms with E-state index in [1.54, 1.807) is 18.7 Å². The van der Waals surface area contributed by atoms with E-state index < -0.39 is 5.54 Å². The van der Waals surface area contributed by atoms with Crippen molar-refractivity contribution in [2.45, 2.75) is 44.6 Å². The van der Waals surface area contributed by atoms with Gasteiger partial charge in [-0.25, -0.2) is 0 Å². The zero-order valence-electron chi connectivity index (χ0n) is 12.7. The van der Waals surface area contributed by atoms with Gasteiger partial charge >= 0.3 is 0 Å². The number of hydrogen-bond donors (Lipinski definition) is 1. The quantitative estimate of drug-likeness (QED) is 0.902. The Morgan fingerprint density at radius 2 is 2.05 bits per heavy atom. The van der Waals surface area contributed by atoms with Gasteiger partial charge < -0.3 is 10.2 Å². The number of amides is 2. The number of carbonyl (C=O) groups excluding carboxylic acids is 2. The van der Waals surface area contributed by atoms with Crippen molar-refractivity contribution in [2.75, 3.05) is 13.1 Å². The van der Waals surface area contributed by atoms with Crippen LogP contribution in [0.3, 0.4) is 0 Å². The summed E-state index contributed by atoms with van der Waals surface area (Å²) in [5.74, 6) is 0.300. The van der Waals surface area contributed by atoms with E-state index in [4.69, 9.17) is 0 Å². The number of hydrogen-bond acceptors (Lipinski definition) is 2. The van der Waals surface area contributed by atoms with Crippen LogP contribution >= 0.6 is 0 Å². The van der Waals surface area contributed by atoms with E-state index in [9.17, 15) is 9.59 Å². The van der Waals surface area contributed by atoms with Crippen molar-refractivity contribution in [1.82, 2.24) is 10.2 Å². The second-order valence-electron chi connectivity index (χ2n) is 6.65. The summed E-state index contributed by atoms with van der Waals surface area (Å²) in [6.07, 6.45) is 3.36. The first-order valence-corrected chi connectivity index (χ1v) is 7.65. The molecule has 0 aromatic heterocycles. The first-order valence-electron chi connectivity index (χ1n) is 7.65. The third-order valence-corrected chi connectivity index (χ3v) is 4.54. The van der Waals surface area contributed by atoms with Crippen molar-refractivity contribution in [3.05, 3.63) is 35.4 Å². The summed E-state index contributed by atoms with van der Waals surface area (Å²) in [6.45, 7) is 4.37. The molecule has 0 saturated carbocycles. The minimum atomic E-state index is -0.788. The molecule has 2 amide bonds. The van der Waals surface area contributed by atoms with Gasteiger partial charge in [-0.15, -0.1) is 0 Å². The van der Waals surface area contributed by atoms with E-state index in [1.165, 1.54) is 11.1 Å². The molecule has 1 aromatic rings. The number of piperazine rings is 1. The molecule has 1 fully saturated rings. The number of carbonyl (C=O) groups is 2. The first-order chi connectivity index (χ1) is 9.97. The van der Waals surface area contributed by atoms with Crippen LogP contribution < -0.4 is 5.32 Å². The second-order valence-corrected chi connectivity index (χ2v) is 6.65. The summed E-state index contributed by atoms with van der Waals surface area (Å²) in [4.78, 5) is 26.0. The molecule has 1 heterocycles. The van der Waals surface area contributed by atoms with Gasteiger partial charge in [-0.1, -0.05) is 24.3 Å². The van der Waals surface area contributed by atoms with E-state index in [0.29, 0.717) is 12.5 Å². The molecule has 1 aromatic carbocycles. The Labute approximate surface area is 125 Å². The van der Waals surface area contributed by atoms with E-state index in [-0.39, 0.29) is 18.4 Å². The third-order valence-electron chi connectivity index (χ3n) is 4.54. The van der Waals surface area contributed by atoms with E-state index in [0.717, 1.165) is 19.3 Å². The minimum absolute atomic E-state index is 0.0187. The van der Waals surface area contributed by atoms with Gasteiger partial charge in [0.1, 0.15) is 5.54 Å². The van der Waals surface area contributed by atoms with E-state index in [1.807, 2.05) is 0 Å². The monoisotopic (exact) mass is 286 g/mol. The Hall–Kier alpha value is -1.84. The average molecular weight is 286 g/mol. The lowest BCUT2D eigenvalue weighted by Gasteiger charge is -2.40. The summed E-state index contributed by atoms with van der Waals surface area (Å²) in [7, 11) is 0. The van der Waals surface area contributed by atoms with Gasteiger partial charge in [0.25, 0.3) is 0 Å². The molecule has 1 aliphatic heterocycles. The van der Waals surface area contributed by atoms with Gasteiger partial charge in [0.05, 0.1) is 6.54 Å². The van der Waals surface area contributed by atoms with E-state index in [2.05, 4.69) is 29.6 Å². The molecule has 4 nitrogen and oxygen atoms in total. The Morgan fingerprint density at radius 1 is 1.29 bits per heavy atom. The molecule has 0 radical (unpaired) electrons. The number of fused-ring (bicyclic) bond motifs is 1. The average Bonchev–Trinajstić information content (AvgIpc) is 2.44. The van der Waals surface area contributed by atoms with Crippen LogP contribution in [0.2, 0.25) is 0 Å². The number of aryl methyl sites for hydroxylation is 1. The molecule has 1 aliphatic carbocycles. The Balaban J connectivity index is 1.81. The molecule has 1 atom stereocenters. The van der Waals surface area contributed by atoms with Gasteiger partial charge in [0, 0.05) is 12.5 Å². The van der Waals surface area contributed by atoms with E-state index >= 15 is 0 Å². The summed E-state index contributed by atoms with van der Waals surface area (Å²) in [5, 5.41) is 2.76. The number of rotatable bonds is 2. The van der Waals surface area contributed by atoms with Crippen molar-refractivity contribution < 1.29 is 9.59 Å². The van der Waals surface area contributed by atoms with Crippen molar-refractivity contribution in [2.24, 2.45) is 0 Å². The Morgan fingerprint density at radius 3 is 2.86 bits per heavy atom. The zero-order chi connectivity index (χ0) is 15.0. The molecule has 1 N–H and O–H groups in total. The van der Waals surface area contributed by atoms with Crippen LogP contribution in [0.4, 0.5) is 0 Å². The van der Waals surface area contributed by atoms with Crippen LogP contribution in [0, 0.1) is 0 Å². The molecular formula is C17H22N2O2. The van der Waals surface area contributed by atoms with Gasteiger partial charge in [0.2, 0.25) is 11.8 Å². The SMILES string of the molecule is CC1(C)NC(=O)CN(CC2CCCc3ccccc32)C1=O. The highest BCUT2D eigenvalue weighted by Crippen LogP contribution is 2.32. The molecule has 112 valence electrons. The molecule has 3 rings (SSSR count). The van der Waals surface area contributed by atoms with Crippen molar-refractivity contribution in [1.29, 1.82) is 0 Å². The molecule has 1 unspecified atom stereocenters. The topological polar surface area (TPSA) is 49.4 Å². The van der Waals surface area contributed by atoms with Crippen LogP contribution in [-0.4, -0.2) is 35.3 Å². The van der Waals surface area contributed by atoms with Crippen LogP contribution in [0.1, 0.15) is 43.7 Å². The predicted molar refractivity (Wildman–Crippen MR) is 80.9 cm³/mol. The fourth-order valence-corrected chi connectivity index (χ4v) is 3.54. The van der Waals surface area contributed by atoms with Crippen molar-refractivity contribution in [3.8, 4) is 0 Å². The second kappa shape index (κ2) is 5.17. The number of benzene rings is 1. The Bertz CT molecular complexity index is 580. The summed E-state index contributed by atoms with van der Waals surface area (Å²) in [5.41, 5.74) is 1.95. The lowest BCUT2D eigenvalue weighted by atomic mass is 9.82. The highest BCUT2D eigenvalue weighted by Gasteiger charge is 2.40. The van der Waals surface area contributed by atoms with Crippen LogP contribution in [0.5, 0.6) is 0 Å². The summed E-state index contributed by atoms with van der Waals surface area (Å²) in [6, 6.07) is 8.48. The first kappa shape index (κ1) is 14.1. The molecular weight excluding hydrogens is 264 g/mol. The summed E-state index contributed by atoms with van der Waals surface area (Å²) < 4.78 is 0. The minimum Gasteiger partial charge on any atom is -0.341 e. The lowest BCUT2D eigenvalue weighted by Crippen LogP contribution is -2.64. The molecule has 0 bridgehead atoms. The van der Waals surface area contributed by atoms with Crippen LogP contribution in [-0.2, 0) is 16.0 Å². The fourth-order valence-electron chi connectivity index (χ4n) is 3.54. The van der Waals surface area contributed by atoms with Gasteiger partial charge in [-0.3, -0.25) is 9.59 Å². The van der Waals surface area contributed by atoms with Crippen molar-refractivity contribution in [3.63, 3.8) is 0 Å². The highest BCUT2D eigenvalue weighted by molar-refractivity contribution is 5.97.